The van der Waals surface area contributed by atoms with Gasteiger partial charge < -0.3 is 28.8 Å². The van der Waals surface area contributed by atoms with Crippen LogP contribution in [0.15, 0.2) is 24.0 Å². The Bertz CT molecular complexity index is 1160. The van der Waals surface area contributed by atoms with Crippen LogP contribution in [0.1, 0.15) is 69.4 Å². The molecule has 1 N–H and O–H groups in total. The molecule has 0 bridgehead atoms. The number of fused-ring (bicyclic) bond motifs is 3. The quantitative estimate of drug-likeness (QED) is 0.354. The molecule has 1 aliphatic carbocycles. The Hall–Kier alpha value is -2.49. The molecule has 4 atom stereocenters. The van der Waals surface area contributed by atoms with E-state index in [-0.39, 0.29) is 19.1 Å². The number of benzene rings is 1. The first-order valence-electron chi connectivity index (χ1n) is 13.6. The molecule has 0 aromatic heterocycles. The van der Waals surface area contributed by atoms with Crippen LogP contribution in [0.25, 0.3) is 0 Å². The molecule has 1 aromatic carbocycles. The molecule has 1 unspecified atom stereocenters. The topological polar surface area (TPSA) is 104 Å². The van der Waals surface area contributed by atoms with Crippen LogP contribution in [0.4, 0.5) is 0 Å². The van der Waals surface area contributed by atoms with Crippen LogP contribution in [0, 0.1) is 0 Å². The molecule has 39 heavy (non-hydrogen) atoms. The molecular formula is C29H38ClNO8. The number of aliphatic hydroxyl groups is 1. The lowest BCUT2D eigenvalue weighted by Gasteiger charge is -2.39. The fraction of sp³-hybridized carbons (Fsp3) is 0.655. The summed E-state index contributed by atoms with van der Waals surface area (Å²) >= 11 is 6.34. The average molecular weight is 564 g/mol. The zero-order chi connectivity index (χ0) is 28.0. The average Bonchev–Trinajstić information content (AvgIpc) is 3.56. The molecule has 0 radical (unpaired) electrons. The van der Waals surface area contributed by atoms with Gasteiger partial charge in [-0.3, -0.25) is 9.69 Å². The SMILES string of the molecule is COC(=O)C[C@](O)(CCCC(C)(C)Cl)C(=O)OC1C(OC)=C[C@]23CCCN2CCc2cc4c(cc2[C@H]13)OCO4. The Kier molecular flexibility index (Phi) is 7.54. The molecule has 10 heteroatoms. The Labute approximate surface area is 234 Å². The van der Waals surface area contributed by atoms with Gasteiger partial charge in [-0.1, -0.05) is 0 Å². The molecule has 1 spiro atoms. The van der Waals surface area contributed by atoms with Crippen LogP contribution >= 0.6 is 11.6 Å². The van der Waals surface area contributed by atoms with E-state index >= 15 is 0 Å². The zero-order valence-electron chi connectivity index (χ0n) is 23.1. The van der Waals surface area contributed by atoms with Crippen molar-refractivity contribution in [2.45, 2.75) is 86.8 Å². The van der Waals surface area contributed by atoms with Crippen molar-refractivity contribution in [1.29, 1.82) is 0 Å². The van der Waals surface area contributed by atoms with E-state index in [1.807, 2.05) is 26.0 Å². The van der Waals surface area contributed by atoms with Gasteiger partial charge in [-0.15, -0.1) is 11.6 Å². The van der Waals surface area contributed by atoms with Crippen LogP contribution in [-0.2, 0) is 30.2 Å². The molecule has 4 aliphatic rings. The fourth-order valence-electron chi connectivity index (χ4n) is 6.69. The highest BCUT2D eigenvalue weighted by Crippen LogP contribution is 2.55. The highest BCUT2D eigenvalue weighted by molar-refractivity contribution is 6.23. The number of alkyl halides is 1. The zero-order valence-corrected chi connectivity index (χ0v) is 23.8. The normalized spacial score (nSPS) is 27.0. The van der Waals surface area contributed by atoms with E-state index in [2.05, 4.69) is 11.0 Å². The molecule has 5 rings (SSSR count). The molecular weight excluding hydrogens is 526 g/mol. The maximum Gasteiger partial charge on any atom is 0.339 e. The van der Waals surface area contributed by atoms with Crippen molar-refractivity contribution in [2.75, 3.05) is 34.1 Å². The van der Waals surface area contributed by atoms with Crippen molar-refractivity contribution < 1.29 is 38.4 Å². The third kappa shape index (κ3) is 5.21. The number of ether oxygens (including phenoxy) is 5. The minimum atomic E-state index is -2.07. The van der Waals surface area contributed by atoms with Crippen LogP contribution in [0.2, 0.25) is 0 Å². The summed E-state index contributed by atoms with van der Waals surface area (Å²) in [4.78, 5) is 28.0. The molecule has 3 aliphatic heterocycles. The number of carbonyl (C=O) groups is 2. The fourth-order valence-corrected chi connectivity index (χ4v) is 6.83. The Morgan fingerprint density at radius 1 is 1.18 bits per heavy atom. The van der Waals surface area contributed by atoms with Gasteiger partial charge in [0.1, 0.15) is 5.76 Å². The summed E-state index contributed by atoms with van der Waals surface area (Å²) in [7, 11) is 2.79. The molecule has 9 nitrogen and oxygen atoms in total. The van der Waals surface area contributed by atoms with Crippen molar-refractivity contribution in [1.82, 2.24) is 4.90 Å². The summed E-state index contributed by atoms with van der Waals surface area (Å²) in [5.74, 6) is 0.0622. The van der Waals surface area contributed by atoms with Crippen LogP contribution in [0.3, 0.4) is 0 Å². The monoisotopic (exact) mass is 563 g/mol. The summed E-state index contributed by atoms with van der Waals surface area (Å²) in [6, 6.07) is 4.03. The number of hydrogen-bond donors (Lipinski definition) is 1. The lowest BCUT2D eigenvalue weighted by molar-refractivity contribution is -0.178. The van der Waals surface area contributed by atoms with E-state index < -0.39 is 40.5 Å². The first-order valence-corrected chi connectivity index (χ1v) is 14.0. The van der Waals surface area contributed by atoms with Crippen LogP contribution < -0.4 is 9.47 Å². The first-order chi connectivity index (χ1) is 18.5. The van der Waals surface area contributed by atoms with E-state index in [0.29, 0.717) is 30.1 Å². The van der Waals surface area contributed by atoms with Crippen molar-refractivity contribution in [3.05, 3.63) is 35.1 Å². The second kappa shape index (κ2) is 10.5. The number of rotatable bonds is 9. The summed E-state index contributed by atoms with van der Waals surface area (Å²) in [6.45, 7) is 5.66. The van der Waals surface area contributed by atoms with Gasteiger partial charge in [0.15, 0.2) is 23.2 Å². The van der Waals surface area contributed by atoms with Gasteiger partial charge in [0.2, 0.25) is 6.79 Å². The van der Waals surface area contributed by atoms with Gasteiger partial charge in [0.05, 0.1) is 32.1 Å². The predicted molar refractivity (Wildman–Crippen MR) is 143 cm³/mol. The van der Waals surface area contributed by atoms with Gasteiger partial charge in [0.25, 0.3) is 0 Å². The molecule has 1 fully saturated rings. The van der Waals surface area contributed by atoms with Gasteiger partial charge in [-0.2, -0.15) is 0 Å². The van der Waals surface area contributed by atoms with E-state index in [4.69, 9.17) is 35.3 Å². The number of nitrogens with zero attached hydrogens (tertiary/aromatic N) is 1. The maximum absolute atomic E-state index is 13.8. The minimum Gasteiger partial charge on any atom is -0.497 e. The van der Waals surface area contributed by atoms with Crippen molar-refractivity contribution in [2.24, 2.45) is 0 Å². The number of halogens is 1. The number of methoxy groups -OCH3 is 2. The Balaban J connectivity index is 1.50. The molecule has 0 amide bonds. The van der Waals surface area contributed by atoms with Crippen molar-refractivity contribution in [3.63, 3.8) is 0 Å². The van der Waals surface area contributed by atoms with Crippen LogP contribution in [-0.4, -0.2) is 78.2 Å². The van der Waals surface area contributed by atoms with E-state index in [0.717, 1.165) is 43.5 Å². The first kappa shape index (κ1) is 28.1. The van der Waals surface area contributed by atoms with E-state index in [9.17, 15) is 14.7 Å². The van der Waals surface area contributed by atoms with Crippen LogP contribution in [0.5, 0.6) is 11.5 Å². The molecule has 3 heterocycles. The van der Waals surface area contributed by atoms with Crippen molar-refractivity contribution in [3.8, 4) is 11.5 Å². The number of carbonyl (C=O) groups excluding carboxylic acids is 2. The van der Waals surface area contributed by atoms with Gasteiger partial charge in [-0.25, -0.2) is 4.79 Å². The minimum absolute atomic E-state index is 0.00699. The maximum atomic E-state index is 13.8. The third-order valence-electron chi connectivity index (χ3n) is 8.60. The molecule has 1 aromatic rings. The highest BCUT2D eigenvalue weighted by Gasteiger charge is 2.59. The van der Waals surface area contributed by atoms with E-state index in [1.165, 1.54) is 7.11 Å². The smallest absolute Gasteiger partial charge is 0.339 e. The lowest BCUT2D eigenvalue weighted by atomic mass is 9.77. The van der Waals surface area contributed by atoms with Gasteiger partial charge >= 0.3 is 11.9 Å². The standard InChI is InChI=1S/C29H38ClNO8/c1-27(2,30)8-5-10-29(34,16-23(32)36-4)26(33)39-25-22(35-3)15-28-9-6-11-31(28)12-7-18-13-20-21(38-17-37-20)14-19(18)24(25)28/h13-15,24-25,34H,5-12,16-17H2,1-4H3/t24-,25?,28+,29-/m1/s1. The molecule has 214 valence electrons. The summed E-state index contributed by atoms with van der Waals surface area (Å²) in [6.07, 6.45) is 4.46. The molecule has 1 saturated heterocycles. The lowest BCUT2D eigenvalue weighted by Crippen LogP contribution is -2.49. The second-order valence-electron chi connectivity index (χ2n) is 11.6. The highest BCUT2D eigenvalue weighted by atomic mass is 35.5. The Morgan fingerprint density at radius 3 is 2.62 bits per heavy atom. The Morgan fingerprint density at radius 2 is 1.92 bits per heavy atom. The summed E-state index contributed by atoms with van der Waals surface area (Å²) < 4.78 is 28.2. The van der Waals surface area contributed by atoms with Crippen molar-refractivity contribution >= 4 is 23.5 Å². The number of esters is 2. The summed E-state index contributed by atoms with van der Waals surface area (Å²) in [5, 5.41) is 11.5. The second-order valence-corrected chi connectivity index (χ2v) is 12.7. The summed E-state index contributed by atoms with van der Waals surface area (Å²) in [5.41, 5.74) is -0.343. The van der Waals surface area contributed by atoms with E-state index in [1.54, 1.807) is 7.11 Å². The van der Waals surface area contributed by atoms with Gasteiger partial charge in [0, 0.05) is 11.4 Å². The third-order valence-corrected chi connectivity index (χ3v) is 8.79. The predicted octanol–water partition coefficient (Wildman–Crippen LogP) is 3.83. The molecule has 0 saturated carbocycles. The van der Waals surface area contributed by atoms with Gasteiger partial charge in [-0.05, 0) is 88.3 Å². The largest absolute Gasteiger partial charge is 0.497 e. The number of hydrogen-bond acceptors (Lipinski definition) is 9.